The van der Waals surface area contributed by atoms with Crippen molar-refractivity contribution >= 4 is 35.2 Å². The van der Waals surface area contributed by atoms with Crippen LogP contribution >= 0.6 is 0 Å². The molecule has 2 fully saturated rings. The number of amides is 3. The van der Waals surface area contributed by atoms with E-state index in [1.807, 2.05) is 26.8 Å². The summed E-state index contributed by atoms with van der Waals surface area (Å²) in [7, 11) is 0. The maximum Gasteiger partial charge on any atom is 0.313 e. The number of ketones is 1. The largest absolute Gasteiger partial charge is 0.483 e. The number of carbonyl (C=O) groups is 5. The average Bonchev–Trinajstić information content (AvgIpc) is 3.75. The van der Waals surface area contributed by atoms with Crippen molar-refractivity contribution in [1.82, 2.24) is 10.2 Å². The van der Waals surface area contributed by atoms with E-state index >= 15 is 0 Å². The lowest BCUT2D eigenvalue weighted by molar-refractivity contribution is -0.144. The predicted molar refractivity (Wildman–Crippen MR) is 154 cm³/mol. The Hall–Kier alpha value is -4.27. The standard InChI is InChI=1S/C31H35F4N3O8/c1-29(2,3)17-7-5-6-8-20(17)36-26(41)27(42)38-9-10-45-14-16(13-38)25(40)37-31(12-18(31)28(43)44)22(39)15-46-24-23(34)19(32)11-21(33)30(24,4)35/h5-8,11,16,18,21H,9-10,12-15H2,1-4H3,(H,36,41)(H,37,40)(H,43,44)/t16-,18?,21?,30?,31?/m1/s1. The molecule has 15 heteroatoms. The number of carboxylic acid groups (broad SMARTS) is 1. The van der Waals surface area contributed by atoms with Crippen LogP contribution in [0, 0.1) is 11.8 Å². The third-order valence-electron chi connectivity index (χ3n) is 8.21. The second kappa shape index (κ2) is 12.9. The molecule has 1 aromatic rings. The van der Waals surface area contributed by atoms with Gasteiger partial charge >= 0.3 is 17.8 Å². The number of anilines is 1. The van der Waals surface area contributed by atoms with Crippen LogP contribution in [0.5, 0.6) is 0 Å². The van der Waals surface area contributed by atoms with Gasteiger partial charge in [0.15, 0.2) is 29.4 Å². The molecule has 2 aliphatic carbocycles. The van der Waals surface area contributed by atoms with Crippen molar-refractivity contribution in [2.75, 3.05) is 38.2 Å². The highest BCUT2D eigenvalue weighted by molar-refractivity contribution is 6.39. The molecule has 3 amide bonds. The molecule has 1 aliphatic heterocycles. The molecular weight excluding hydrogens is 618 g/mol. The molecular formula is C31H35F4N3O8. The van der Waals surface area contributed by atoms with E-state index in [0.29, 0.717) is 12.6 Å². The molecule has 0 bridgehead atoms. The number of allylic oxidation sites excluding steroid dienone is 4. The van der Waals surface area contributed by atoms with Crippen molar-refractivity contribution in [3.05, 3.63) is 53.3 Å². The molecule has 5 atom stereocenters. The predicted octanol–water partition coefficient (Wildman–Crippen LogP) is 3.06. The van der Waals surface area contributed by atoms with Gasteiger partial charge in [0.05, 0.1) is 25.0 Å². The van der Waals surface area contributed by atoms with Gasteiger partial charge < -0.3 is 30.1 Å². The molecule has 46 heavy (non-hydrogen) atoms. The molecule has 1 aromatic carbocycles. The SMILES string of the molecule is CC(C)(C)c1ccccc1NC(=O)C(=O)N1CCOC[C@H](C(=O)NC2(C(=O)COC3=C(F)C(F)=CC(F)C3(C)F)CC2C(=O)O)C1. The zero-order valence-corrected chi connectivity index (χ0v) is 25.6. The van der Waals surface area contributed by atoms with Crippen molar-refractivity contribution in [2.45, 2.75) is 56.9 Å². The van der Waals surface area contributed by atoms with Crippen LogP contribution in [-0.4, -0.2) is 89.8 Å². The van der Waals surface area contributed by atoms with E-state index in [4.69, 9.17) is 9.47 Å². The lowest BCUT2D eigenvalue weighted by atomic mass is 9.86. The van der Waals surface area contributed by atoms with Gasteiger partial charge in [0.1, 0.15) is 12.1 Å². The Labute approximate surface area is 262 Å². The summed E-state index contributed by atoms with van der Waals surface area (Å²) in [6.07, 6.45) is -2.96. The zero-order valence-electron chi connectivity index (χ0n) is 25.6. The summed E-state index contributed by atoms with van der Waals surface area (Å²) in [5, 5.41) is 14.5. The second-order valence-corrected chi connectivity index (χ2v) is 12.7. The van der Waals surface area contributed by atoms with E-state index in [1.54, 1.807) is 18.2 Å². The zero-order chi connectivity index (χ0) is 34.2. The number of Topliss-reactive ketones (excluding diaryl/α,β-unsaturated/α-hetero) is 1. The van der Waals surface area contributed by atoms with Crippen LogP contribution < -0.4 is 10.6 Å². The van der Waals surface area contributed by atoms with E-state index in [2.05, 4.69) is 10.6 Å². The van der Waals surface area contributed by atoms with Gasteiger partial charge in [-0.05, 0) is 36.5 Å². The number of hydrogen-bond donors (Lipinski definition) is 3. The lowest BCUT2D eigenvalue weighted by Crippen LogP contribution is -2.52. The Morgan fingerprint density at radius 1 is 1.15 bits per heavy atom. The lowest BCUT2D eigenvalue weighted by Gasteiger charge is -2.29. The molecule has 1 heterocycles. The summed E-state index contributed by atoms with van der Waals surface area (Å²) < 4.78 is 67.2. The second-order valence-electron chi connectivity index (χ2n) is 12.7. The van der Waals surface area contributed by atoms with Crippen LogP contribution in [0.1, 0.15) is 39.7 Å². The van der Waals surface area contributed by atoms with Gasteiger partial charge in [-0.25, -0.2) is 13.2 Å². The monoisotopic (exact) mass is 653 g/mol. The number of hydrogen-bond acceptors (Lipinski definition) is 7. The maximum atomic E-state index is 14.8. The highest BCUT2D eigenvalue weighted by Gasteiger charge is 2.65. The molecule has 11 nitrogen and oxygen atoms in total. The molecule has 0 spiro atoms. The number of carbonyl (C=O) groups excluding carboxylic acids is 4. The Morgan fingerprint density at radius 3 is 2.46 bits per heavy atom. The fraction of sp³-hybridized carbons (Fsp3) is 0.516. The quantitative estimate of drug-likeness (QED) is 0.286. The molecule has 4 unspecified atom stereocenters. The third-order valence-corrected chi connectivity index (χ3v) is 8.21. The van der Waals surface area contributed by atoms with Gasteiger partial charge in [0.2, 0.25) is 11.6 Å². The van der Waals surface area contributed by atoms with E-state index in [1.165, 1.54) is 0 Å². The highest BCUT2D eigenvalue weighted by atomic mass is 19.2. The van der Waals surface area contributed by atoms with Gasteiger partial charge in [-0.3, -0.25) is 24.0 Å². The first-order valence-corrected chi connectivity index (χ1v) is 14.5. The maximum absolute atomic E-state index is 14.8. The van der Waals surface area contributed by atoms with Crippen molar-refractivity contribution < 1.29 is 56.1 Å². The summed E-state index contributed by atoms with van der Waals surface area (Å²) in [6, 6.07) is 6.97. The number of carboxylic acids is 1. The first-order chi connectivity index (χ1) is 21.4. The third kappa shape index (κ3) is 6.93. The molecule has 4 rings (SSSR count). The first kappa shape index (κ1) is 34.6. The van der Waals surface area contributed by atoms with Crippen LogP contribution in [0.2, 0.25) is 0 Å². The molecule has 3 N–H and O–H groups in total. The Kier molecular flexibility index (Phi) is 9.67. The number of alkyl halides is 2. The van der Waals surface area contributed by atoms with E-state index in [9.17, 15) is 46.6 Å². The van der Waals surface area contributed by atoms with Gasteiger partial charge in [-0.15, -0.1) is 0 Å². The van der Waals surface area contributed by atoms with Crippen molar-refractivity contribution in [3.8, 4) is 0 Å². The number of rotatable bonds is 8. The van der Waals surface area contributed by atoms with Crippen molar-refractivity contribution in [2.24, 2.45) is 11.8 Å². The average molecular weight is 654 g/mol. The van der Waals surface area contributed by atoms with E-state index < -0.39 is 89.1 Å². The Bertz CT molecular complexity index is 1500. The highest BCUT2D eigenvalue weighted by Crippen LogP contribution is 2.46. The summed E-state index contributed by atoms with van der Waals surface area (Å²) >= 11 is 0. The number of ether oxygens (including phenoxy) is 2. The summed E-state index contributed by atoms with van der Waals surface area (Å²) in [5.41, 5.74) is -4.37. The number of nitrogens with zero attached hydrogens (tertiary/aromatic N) is 1. The number of aliphatic carboxylic acids is 1. The molecule has 0 radical (unpaired) electrons. The van der Waals surface area contributed by atoms with Crippen molar-refractivity contribution in [3.63, 3.8) is 0 Å². The number of para-hydroxylation sites is 1. The Morgan fingerprint density at radius 2 is 1.83 bits per heavy atom. The van der Waals surface area contributed by atoms with Crippen LogP contribution in [0.25, 0.3) is 0 Å². The minimum Gasteiger partial charge on any atom is -0.483 e. The van der Waals surface area contributed by atoms with E-state index in [0.717, 1.165) is 10.5 Å². The van der Waals surface area contributed by atoms with Gasteiger partial charge in [-0.1, -0.05) is 39.0 Å². The van der Waals surface area contributed by atoms with Crippen LogP contribution in [0.4, 0.5) is 23.2 Å². The number of halogens is 4. The molecule has 1 saturated carbocycles. The van der Waals surface area contributed by atoms with Gasteiger partial charge in [0, 0.05) is 18.8 Å². The molecule has 1 saturated heterocycles. The normalized spacial score (nSPS) is 28.0. The fourth-order valence-corrected chi connectivity index (χ4v) is 5.40. The summed E-state index contributed by atoms with van der Waals surface area (Å²) in [4.78, 5) is 65.5. The van der Waals surface area contributed by atoms with Gasteiger partial charge in [-0.2, -0.15) is 4.39 Å². The molecule has 0 aromatic heterocycles. The van der Waals surface area contributed by atoms with Crippen molar-refractivity contribution in [1.29, 1.82) is 0 Å². The van der Waals surface area contributed by atoms with Gasteiger partial charge in [0.25, 0.3) is 0 Å². The number of benzene rings is 1. The van der Waals surface area contributed by atoms with Crippen LogP contribution in [0.3, 0.4) is 0 Å². The molecule has 3 aliphatic rings. The molecule has 250 valence electrons. The Balaban J connectivity index is 1.46. The van der Waals surface area contributed by atoms with Crippen LogP contribution in [0.15, 0.2) is 47.8 Å². The number of nitrogens with one attached hydrogen (secondary N) is 2. The van der Waals surface area contributed by atoms with E-state index in [-0.39, 0.29) is 37.8 Å². The fourth-order valence-electron chi connectivity index (χ4n) is 5.40. The minimum absolute atomic E-state index is 0.0275. The van der Waals surface area contributed by atoms with Crippen LogP contribution in [-0.2, 0) is 38.9 Å². The summed E-state index contributed by atoms with van der Waals surface area (Å²) in [6.45, 7) is 4.54. The topological polar surface area (TPSA) is 151 Å². The first-order valence-electron chi connectivity index (χ1n) is 14.5. The minimum atomic E-state index is -3.17. The smallest absolute Gasteiger partial charge is 0.313 e. The summed E-state index contributed by atoms with van der Waals surface area (Å²) in [5.74, 6) is -13.0.